The van der Waals surface area contributed by atoms with Crippen LogP contribution in [0.2, 0.25) is 0 Å². The van der Waals surface area contributed by atoms with Crippen molar-refractivity contribution in [2.45, 2.75) is 20.1 Å². The van der Waals surface area contributed by atoms with Crippen LogP contribution in [0.1, 0.15) is 23.0 Å². The predicted octanol–water partition coefficient (Wildman–Crippen LogP) is 3.45. The third-order valence-electron chi connectivity index (χ3n) is 3.43. The van der Waals surface area contributed by atoms with Gasteiger partial charge in [-0.15, -0.1) is 0 Å². The summed E-state index contributed by atoms with van der Waals surface area (Å²) >= 11 is 0. The molecule has 0 unspecified atom stereocenters. The van der Waals surface area contributed by atoms with E-state index in [9.17, 15) is 4.79 Å². The van der Waals surface area contributed by atoms with E-state index in [0.29, 0.717) is 12.2 Å². The zero-order chi connectivity index (χ0) is 14.7. The minimum absolute atomic E-state index is 0.411. The van der Waals surface area contributed by atoms with E-state index >= 15 is 0 Å². The van der Waals surface area contributed by atoms with Crippen LogP contribution in [-0.4, -0.2) is 16.1 Å². The van der Waals surface area contributed by atoms with E-state index in [1.807, 2.05) is 16.8 Å². The van der Waals surface area contributed by atoms with Crippen LogP contribution in [0.4, 0.5) is 0 Å². The van der Waals surface area contributed by atoms with E-state index in [2.05, 4.69) is 24.2 Å². The molecule has 0 aliphatic heterocycles. The molecule has 2 aromatic carbocycles. The van der Waals surface area contributed by atoms with Gasteiger partial charge in [0, 0.05) is 17.5 Å². The van der Waals surface area contributed by atoms with Gasteiger partial charge in [0.25, 0.3) is 0 Å². The smallest absolute Gasteiger partial charge is 0.150 e. The molecule has 0 radical (unpaired) electrons. The summed E-state index contributed by atoms with van der Waals surface area (Å²) in [4.78, 5) is 10.6. The Balaban J connectivity index is 1.82. The fourth-order valence-corrected chi connectivity index (χ4v) is 2.34. The molecule has 0 atom stereocenters. The highest BCUT2D eigenvalue weighted by Gasteiger charge is 2.09. The van der Waals surface area contributed by atoms with E-state index in [0.717, 1.165) is 35.2 Å². The van der Waals surface area contributed by atoms with Crippen molar-refractivity contribution in [3.05, 3.63) is 59.8 Å². The highest BCUT2D eigenvalue weighted by Crippen LogP contribution is 2.20. The average molecular weight is 280 g/mol. The van der Waals surface area contributed by atoms with Gasteiger partial charge in [0.2, 0.25) is 0 Å². The second kappa shape index (κ2) is 5.79. The first-order chi connectivity index (χ1) is 10.3. The van der Waals surface area contributed by atoms with Crippen molar-refractivity contribution in [2.75, 3.05) is 0 Å². The van der Waals surface area contributed by atoms with Gasteiger partial charge in [0.1, 0.15) is 24.3 Å². The number of hydrogen-bond donors (Lipinski definition) is 0. The lowest BCUT2D eigenvalue weighted by molar-refractivity contribution is 0.112. The summed E-state index contributed by atoms with van der Waals surface area (Å²) in [6, 6.07) is 15.2. The van der Waals surface area contributed by atoms with Crippen molar-refractivity contribution in [1.29, 1.82) is 0 Å². The highest BCUT2D eigenvalue weighted by molar-refractivity contribution is 5.81. The number of fused-ring (bicyclic) bond motifs is 1. The molecule has 1 aromatic heterocycles. The SMILES string of the molecule is CCn1nc(COc2ccc(C=O)cc2)c2ccccc21. The Morgan fingerprint density at radius 2 is 1.90 bits per heavy atom. The lowest BCUT2D eigenvalue weighted by Crippen LogP contribution is -2.00. The number of ether oxygens (including phenoxy) is 1. The van der Waals surface area contributed by atoms with Gasteiger partial charge in [-0.2, -0.15) is 5.10 Å². The third-order valence-corrected chi connectivity index (χ3v) is 3.43. The first-order valence-corrected chi connectivity index (χ1v) is 6.94. The van der Waals surface area contributed by atoms with E-state index in [1.165, 1.54) is 0 Å². The summed E-state index contributed by atoms with van der Waals surface area (Å²) in [5, 5.41) is 5.71. The molecule has 3 rings (SSSR count). The number of carbonyl (C=O) groups is 1. The fraction of sp³-hybridized carbons (Fsp3) is 0.176. The maximum atomic E-state index is 10.6. The van der Waals surface area contributed by atoms with Crippen molar-refractivity contribution >= 4 is 17.2 Å². The largest absolute Gasteiger partial charge is 0.487 e. The zero-order valence-corrected chi connectivity index (χ0v) is 11.8. The van der Waals surface area contributed by atoms with E-state index in [-0.39, 0.29) is 0 Å². The van der Waals surface area contributed by atoms with Gasteiger partial charge < -0.3 is 4.74 Å². The summed E-state index contributed by atoms with van der Waals surface area (Å²) in [6.07, 6.45) is 0.820. The number of nitrogens with zero attached hydrogens (tertiary/aromatic N) is 2. The number of hydrogen-bond acceptors (Lipinski definition) is 3. The Labute approximate surface area is 123 Å². The van der Waals surface area contributed by atoms with E-state index < -0.39 is 0 Å². The summed E-state index contributed by atoms with van der Waals surface area (Å²) < 4.78 is 7.74. The lowest BCUT2D eigenvalue weighted by atomic mass is 10.2. The Morgan fingerprint density at radius 3 is 2.62 bits per heavy atom. The Bertz CT molecular complexity index is 760. The van der Waals surface area contributed by atoms with Crippen molar-refractivity contribution in [2.24, 2.45) is 0 Å². The van der Waals surface area contributed by atoms with Gasteiger partial charge in [-0.05, 0) is 37.3 Å². The van der Waals surface area contributed by atoms with Crippen LogP contribution in [-0.2, 0) is 13.2 Å². The minimum atomic E-state index is 0.411. The first kappa shape index (κ1) is 13.4. The maximum Gasteiger partial charge on any atom is 0.150 e. The molecule has 0 aliphatic rings. The van der Waals surface area contributed by atoms with Crippen LogP contribution in [0, 0.1) is 0 Å². The molecule has 0 amide bonds. The van der Waals surface area contributed by atoms with E-state index in [4.69, 9.17) is 4.74 Å². The number of aldehydes is 1. The van der Waals surface area contributed by atoms with Gasteiger partial charge in [0.05, 0.1) is 5.52 Å². The number of aromatic nitrogens is 2. The monoisotopic (exact) mass is 280 g/mol. The van der Waals surface area contributed by atoms with Crippen LogP contribution in [0.5, 0.6) is 5.75 Å². The summed E-state index contributed by atoms with van der Waals surface area (Å²) in [5.74, 6) is 0.732. The summed E-state index contributed by atoms with van der Waals surface area (Å²) in [5.41, 5.74) is 2.69. The molecule has 0 fully saturated rings. The predicted molar refractivity (Wildman–Crippen MR) is 81.6 cm³/mol. The molecule has 0 saturated carbocycles. The Morgan fingerprint density at radius 1 is 1.14 bits per heavy atom. The third kappa shape index (κ3) is 2.65. The van der Waals surface area contributed by atoms with Crippen LogP contribution in [0.25, 0.3) is 10.9 Å². The van der Waals surface area contributed by atoms with Crippen LogP contribution in [0.15, 0.2) is 48.5 Å². The van der Waals surface area contributed by atoms with Gasteiger partial charge >= 0.3 is 0 Å². The maximum absolute atomic E-state index is 10.6. The Hall–Kier alpha value is -2.62. The van der Waals surface area contributed by atoms with Gasteiger partial charge in [-0.25, -0.2) is 0 Å². The molecular weight excluding hydrogens is 264 g/mol. The van der Waals surface area contributed by atoms with E-state index in [1.54, 1.807) is 24.3 Å². The molecule has 4 nitrogen and oxygen atoms in total. The van der Waals surface area contributed by atoms with Crippen molar-refractivity contribution in [3.63, 3.8) is 0 Å². The standard InChI is InChI=1S/C17H16N2O2/c1-2-19-17-6-4-3-5-15(17)16(18-19)12-21-14-9-7-13(11-20)8-10-14/h3-11H,2,12H2,1H3. The highest BCUT2D eigenvalue weighted by atomic mass is 16.5. The molecule has 0 aliphatic carbocycles. The molecule has 21 heavy (non-hydrogen) atoms. The second-order valence-electron chi connectivity index (χ2n) is 4.76. The number of para-hydroxylation sites is 1. The number of aryl methyl sites for hydroxylation is 1. The van der Waals surface area contributed by atoms with Gasteiger partial charge in [-0.1, -0.05) is 18.2 Å². The summed E-state index contributed by atoms with van der Waals surface area (Å²) in [7, 11) is 0. The average Bonchev–Trinajstić information content (AvgIpc) is 2.91. The van der Waals surface area contributed by atoms with Crippen LogP contribution < -0.4 is 4.74 Å². The summed E-state index contributed by atoms with van der Waals surface area (Å²) in [6.45, 7) is 3.31. The first-order valence-electron chi connectivity index (χ1n) is 6.94. The molecule has 0 N–H and O–H groups in total. The normalized spacial score (nSPS) is 10.7. The minimum Gasteiger partial charge on any atom is -0.487 e. The number of carbonyl (C=O) groups excluding carboxylic acids is 1. The molecule has 106 valence electrons. The lowest BCUT2D eigenvalue weighted by Gasteiger charge is -2.04. The topological polar surface area (TPSA) is 44.1 Å². The molecule has 4 heteroatoms. The van der Waals surface area contributed by atoms with Gasteiger partial charge in [0.15, 0.2) is 0 Å². The van der Waals surface area contributed by atoms with Crippen molar-refractivity contribution in [3.8, 4) is 5.75 Å². The number of rotatable bonds is 5. The van der Waals surface area contributed by atoms with Crippen molar-refractivity contribution < 1.29 is 9.53 Å². The Kier molecular flexibility index (Phi) is 3.69. The molecule has 1 heterocycles. The van der Waals surface area contributed by atoms with Crippen LogP contribution >= 0.6 is 0 Å². The second-order valence-corrected chi connectivity index (χ2v) is 4.76. The molecule has 3 aromatic rings. The van der Waals surface area contributed by atoms with Gasteiger partial charge in [-0.3, -0.25) is 9.48 Å². The zero-order valence-electron chi connectivity index (χ0n) is 11.8. The molecular formula is C17H16N2O2. The fourth-order valence-electron chi connectivity index (χ4n) is 2.34. The van der Waals surface area contributed by atoms with Crippen LogP contribution in [0.3, 0.4) is 0 Å². The van der Waals surface area contributed by atoms with Crippen molar-refractivity contribution in [1.82, 2.24) is 9.78 Å². The number of benzene rings is 2. The molecule has 0 bridgehead atoms. The molecule has 0 saturated heterocycles. The quantitative estimate of drug-likeness (QED) is 0.672. The molecule has 0 spiro atoms.